The van der Waals surface area contributed by atoms with Crippen LogP contribution >= 0.6 is 0 Å². The lowest BCUT2D eigenvalue weighted by Crippen LogP contribution is -2.41. The summed E-state index contributed by atoms with van der Waals surface area (Å²) in [6.45, 7) is 0.705. The predicted octanol–water partition coefficient (Wildman–Crippen LogP) is 2.66. The maximum Gasteiger partial charge on any atom is 0.400 e. The molecule has 1 aliphatic heterocycles. The van der Waals surface area contributed by atoms with Gasteiger partial charge in [0.2, 0.25) is 0 Å². The molecule has 0 saturated heterocycles. The van der Waals surface area contributed by atoms with E-state index < -0.39 is 11.6 Å². The third kappa shape index (κ3) is 1.55. The summed E-state index contributed by atoms with van der Waals surface area (Å²) in [6, 6.07) is 0. The molecule has 0 radical (unpaired) electrons. The summed E-state index contributed by atoms with van der Waals surface area (Å²) in [6.07, 6.45) is -3.28. The quantitative estimate of drug-likeness (QED) is 0.468. The summed E-state index contributed by atoms with van der Waals surface area (Å²) < 4.78 is 39.1. The molecule has 1 atom stereocenters. The Morgan fingerprint density at radius 3 is 2.88 bits per heavy atom. The van der Waals surface area contributed by atoms with Crippen molar-refractivity contribution >= 4 is 11.5 Å². The first-order valence-corrected chi connectivity index (χ1v) is 4.62. The second-order valence-corrected chi connectivity index (χ2v) is 3.83. The van der Waals surface area contributed by atoms with Gasteiger partial charge in [0, 0.05) is 17.0 Å². The summed E-state index contributed by atoms with van der Waals surface area (Å²) in [7, 11) is 0. The van der Waals surface area contributed by atoms with Crippen LogP contribution in [0.2, 0.25) is 0 Å². The van der Waals surface area contributed by atoms with E-state index in [-0.39, 0.29) is 23.6 Å². The smallest absolute Gasteiger partial charge is 0.382 e. The molecule has 0 spiro atoms. The number of hydrogen-bond acceptors (Lipinski definition) is 4. The number of fused-ring (bicyclic) bond motifs is 1. The Hall–Kier alpha value is -2.02. The maximum absolute atomic E-state index is 13.0. The van der Waals surface area contributed by atoms with Crippen LogP contribution in [-0.4, -0.2) is 22.9 Å². The Morgan fingerprint density at radius 1 is 1.59 bits per heavy atom. The van der Waals surface area contributed by atoms with Gasteiger partial charge in [0.25, 0.3) is 0 Å². The van der Waals surface area contributed by atoms with Gasteiger partial charge in [-0.1, -0.05) is 0 Å². The van der Waals surface area contributed by atoms with Crippen molar-refractivity contribution in [2.75, 3.05) is 11.9 Å². The first kappa shape index (κ1) is 11.5. The highest BCUT2D eigenvalue weighted by Crippen LogP contribution is 2.50. The molecule has 9 heteroatoms. The monoisotopic (exact) mass is 244 g/mol. The average Bonchev–Trinajstić information content (AvgIpc) is 2.59. The summed E-state index contributed by atoms with van der Waals surface area (Å²) in [5.41, 5.74) is 6.23. The molecule has 1 aromatic rings. The Kier molecular flexibility index (Phi) is 2.35. The van der Waals surface area contributed by atoms with Crippen LogP contribution in [0, 0.1) is 0 Å². The average molecular weight is 244 g/mol. The zero-order valence-corrected chi connectivity index (χ0v) is 8.65. The van der Waals surface area contributed by atoms with Gasteiger partial charge in [-0.3, -0.25) is 0 Å². The van der Waals surface area contributed by atoms with Gasteiger partial charge in [0.05, 0.1) is 11.9 Å². The van der Waals surface area contributed by atoms with E-state index >= 15 is 0 Å². The number of halogens is 3. The molecule has 0 fully saturated rings. The topological polar surface area (TPSA) is 86.6 Å². The van der Waals surface area contributed by atoms with Gasteiger partial charge in [-0.25, -0.2) is 0 Å². The van der Waals surface area contributed by atoms with Crippen LogP contribution in [0.1, 0.15) is 12.5 Å². The standard InChI is InChI=1S/C8H7F3N6/c1-7(8(9,10)11)3-13-4-2-14-15-6(5(4)7)16-17-12/h2,13H,3H2,1H3. The molecule has 2 rings (SSSR count). The van der Waals surface area contributed by atoms with Crippen LogP contribution in [-0.2, 0) is 5.41 Å². The Morgan fingerprint density at radius 2 is 2.29 bits per heavy atom. The van der Waals surface area contributed by atoms with Crippen molar-refractivity contribution < 1.29 is 13.2 Å². The second-order valence-electron chi connectivity index (χ2n) is 3.83. The highest BCUT2D eigenvalue weighted by atomic mass is 19.4. The first-order chi connectivity index (χ1) is 7.90. The molecule has 1 aliphatic rings. The van der Waals surface area contributed by atoms with Crippen LogP contribution < -0.4 is 5.32 Å². The fourth-order valence-corrected chi connectivity index (χ4v) is 1.77. The van der Waals surface area contributed by atoms with E-state index in [2.05, 4.69) is 25.5 Å². The van der Waals surface area contributed by atoms with Crippen LogP contribution in [0.4, 0.5) is 24.7 Å². The van der Waals surface area contributed by atoms with E-state index in [4.69, 9.17) is 5.53 Å². The number of azide groups is 1. The number of aromatic nitrogens is 2. The van der Waals surface area contributed by atoms with Crippen molar-refractivity contribution in [3.8, 4) is 0 Å². The summed E-state index contributed by atoms with van der Waals surface area (Å²) in [4.78, 5) is 2.46. The molecule has 0 aliphatic carbocycles. The molecule has 0 bridgehead atoms. The number of nitrogens with zero attached hydrogens (tertiary/aromatic N) is 5. The van der Waals surface area contributed by atoms with Gasteiger partial charge < -0.3 is 5.32 Å². The van der Waals surface area contributed by atoms with Gasteiger partial charge in [0.15, 0.2) is 5.82 Å². The van der Waals surface area contributed by atoms with E-state index in [9.17, 15) is 13.2 Å². The summed E-state index contributed by atoms with van der Waals surface area (Å²) in [5, 5.41) is 12.7. The van der Waals surface area contributed by atoms with Crippen molar-refractivity contribution in [3.63, 3.8) is 0 Å². The molecule has 90 valence electrons. The summed E-state index contributed by atoms with van der Waals surface area (Å²) in [5.74, 6) is -0.338. The normalized spacial score (nSPS) is 22.6. The van der Waals surface area contributed by atoms with Gasteiger partial charge in [-0.05, 0) is 17.6 Å². The number of anilines is 1. The van der Waals surface area contributed by atoms with Gasteiger partial charge in [-0.2, -0.15) is 18.3 Å². The highest BCUT2D eigenvalue weighted by molar-refractivity contribution is 5.66. The fraction of sp³-hybridized carbons (Fsp3) is 0.500. The molecule has 1 N–H and O–H groups in total. The van der Waals surface area contributed by atoms with Gasteiger partial charge in [-0.15, -0.1) is 5.10 Å². The van der Waals surface area contributed by atoms with Crippen LogP contribution in [0.3, 0.4) is 0 Å². The highest BCUT2D eigenvalue weighted by Gasteiger charge is 2.57. The first-order valence-electron chi connectivity index (χ1n) is 4.62. The molecule has 2 heterocycles. The Labute approximate surface area is 93.5 Å². The largest absolute Gasteiger partial charge is 0.400 e. The lowest BCUT2D eigenvalue weighted by molar-refractivity contribution is -0.179. The van der Waals surface area contributed by atoms with Gasteiger partial charge >= 0.3 is 6.18 Å². The number of rotatable bonds is 1. The van der Waals surface area contributed by atoms with Crippen molar-refractivity contribution in [1.29, 1.82) is 0 Å². The molecular formula is C8H7F3N6. The predicted molar refractivity (Wildman–Crippen MR) is 52.7 cm³/mol. The van der Waals surface area contributed by atoms with Crippen LogP contribution in [0.15, 0.2) is 11.3 Å². The molecule has 0 saturated carbocycles. The lowest BCUT2D eigenvalue weighted by Gasteiger charge is -2.27. The minimum Gasteiger partial charge on any atom is -0.382 e. The van der Waals surface area contributed by atoms with Crippen molar-refractivity contribution in [2.24, 2.45) is 5.11 Å². The number of hydrogen-bond donors (Lipinski definition) is 1. The molecule has 0 amide bonds. The number of nitrogens with one attached hydrogen (secondary N) is 1. The third-order valence-electron chi connectivity index (χ3n) is 2.78. The molecule has 0 aromatic carbocycles. The van der Waals surface area contributed by atoms with Crippen LogP contribution in [0.5, 0.6) is 0 Å². The van der Waals surface area contributed by atoms with E-state index in [1.165, 1.54) is 6.20 Å². The molecular weight excluding hydrogens is 237 g/mol. The lowest BCUT2D eigenvalue weighted by atomic mass is 9.84. The fourth-order valence-electron chi connectivity index (χ4n) is 1.77. The molecule has 17 heavy (non-hydrogen) atoms. The Balaban J connectivity index is 2.68. The maximum atomic E-state index is 13.0. The molecule has 1 unspecified atom stereocenters. The van der Waals surface area contributed by atoms with Crippen molar-refractivity contribution in [3.05, 3.63) is 22.2 Å². The van der Waals surface area contributed by atoms with Crippen molar-refractivity contribution in [1.82, 2.24) is 10.2 Å². The minimum absolute atomic E-state index is 0.155. The van der Waals surface area contributed by atoms with E-state index in [1.807, 2.05) is 0 Å². The van der Waals surface area contributed by atoms with Crippen LogP contribution in [0.25, 0.3) is 10.4 Å². The minimum atomic E-state index is -4.46. The zero-order valence-electron chi connectivity index (χ0n) is 8.65. The molecule has 6 nitrogen and oxygen atoms in total. The van der Waals surface area contributed by atoms with E-state index in [0.717, 1.165) is 6.92 Å². The molecule has 1 aromatic heterocycles. The van der Waals surface area contributed by atoms with E-state index in [1.54, 1.807) is 0 Å². The SMILES string of the molecule is CC1(C(F)(F)F)CNc2cnnc(N=[N+]=[N-])c21. The second kappa shape index (κ2) is 3.49. The number of alkyl halides is 3. The van der Waals surface area contributed by atoms with E-state index in [0.29, 0.717) is 0 Å². The van der Waals surface area contributed by atoms with Gasteiger partial charge in [0.1, 0.15) is 5.41 Å². The Bertz CT molecular complexity index is 506. The third-order valence-corrected chi connectivity index (χ3v) is 2.78. The zero-order chi connectivity index (χ0) is 12.7. The van der Waals surface area contributed by atoms with Crippen molar-refractivity contribution in [2.45, 2.75) is 18.5 Å². The summed E-state index contributed by atoms with van der Waals surface area (Å²) >= 11 is 0.